The molecule has 6 heteroatoms. The Morgan fingerprint density at radius 3 is 2.95 bits per heavy atom. The number of carbonyl (C=O) groups excluding carboxylic acids is 2. The van der Waals surface area contributed by atoms with Crippen molar-refractivity contribution in [3.05, 3.63) is 21.9 Å². The molecular formula is C15H18N2O3S. The zero-order valence-corrected chi connectivity index (χ0v) is 12.8. The van der Waals surface area contributed by atoms with Crippen LogP contribution in [0.15, 0.2) is 11.4 Å². The lowest BCUT2D eigenvalue weighted by molar-refractivity contribution is -0.148. The van der Waals surface area contributed by atoms with E-state index in [0.29, 0.717) is 36.6 Å². The van der Waals surface area contributed by atoms with E-state index in [0.717, 1.165) is 12.8 Å². The monoisotopic (exact) mass is 306 g/mol. The van der Waals surface area contributed by atoms with Gasteiger partial charge in [0.1, 0.15) is 6.07 Å². The standard InChI is InChI=1S/C15H18N2O3S/c1-2-20-15(19)12-4-3-6-17(7-5-12)14(18)13-8-11(9-16)10-21-13/h8,10,12H,2-7H2,1H3. The normalized spacial score (nSPS) is 18.7. The molecule has 0 aliphatic carbocycles. The second-order valence-electron chi connectivity index (χ2n) is 4.98. The minimum absolute atomic E-state index is 0.0500. The lowest BCUT2D eigenvalue weighted by atomic mass is 10.0. The molecule has 1 aliphatic rings. The van der Waals surface area contributed by atoms with Gasteiger partial charge in [-0.3, -0.25) is 9.59 Å². The minimum Gasteiger partial charge on any atom is -0.466 e. The molecule has 1 aromatic rings. The van der Waals surface area contributed by atoms with Gasteiger partial charge < -0.3 is 9.64 Å². The van der Waals surface area contributed by atoms with Crippen LogP contribution in [0.2, 0.25) is 0 Å². The summed E-state index contributed by atoms with van der Waals surface area (Å²) in [7, 11) is 0. The number of hydrogen-bond donors (Lipinski definition) is 0. The highest BCUT2D eigenvalue weighted by Gasteiger charge is 2.26. The third-order valence-electron chi connectivity index (χ3n) is 3.57. The molecule has 1 aliphatic heterocycles. The van der Waals surface area contributed by atoms with Gasteiger partial charge in [-0.25, -0.2) is 0 Å². The number of likely N-dealkylation sites (tertiary alicyclic amines) is 1. The van der Waals surface area contributed by atoms with Gasteiger partial charge in [-0.15, -0.1) is 11.3 Å². The molecule has 0 bridgehead atoms. The van der Waals surface area contributed by atoms with Gasteiger partial charge in [-0.2, -0.15) is 5.26 Å². The van der Waals surface area contributed by atoms with E-state index in [1.165, 1.54) is 11.3 Å². The van der Waals surface area contributed by atoms with E-state index in [1.54, 1.807) is 23.3 Å². The summed E-state index contributed by atoms with van der Waals surface area (Å²) in [5.74, 6) is -0.318. The van der Waals surface area contributed by atoms with Crippen LogP contribution in [0.3, 0.4) is 0 Å². The van der Waals surface area contributed by atoms with Crippen molar-refractivity contribution in [2.45, 2.75) is 26.2 Å². The van der Waals surface area contributed by atoms with Crippen LogP contribution in [-0.4, -0.2) is 36.5 Å². The number of hydrogen-bond acceptors (Lipinski definition) is 5. The van der Waals surface area contributed by atoms with Crippen LogP contribution in [0, 0.1) is 17.2 Å². The molecule has 0 aromatic carbocycles. The quantitative estimate of drug-likeness (QED) is 0.804. The largest absolute Gasteiger partial charge is 0.466 e. The van der Waals surface area contributed by atoms with Gasteiger partial charge in [-0.05, 0) is 32.3 Å². The summed E-state index contributed by atoms with van der Waals surface area (Å²) < 4.78 is 5.06. The average Bonchev–Trinajstić information content (AvgIpc) is 2.83. The maximum atomic E-state index is 12.4. The van der Waals surface area contributed by atoms with Crippen LogP contribution in [0.1, 0.15) is 41.4 Å². The molecule has 0 saturated carbocycles. The molecule has 1 aromatic heterocycles. The Morgan fingerprint density at radius 1 is 1.48 bits per heavy atom. The van der Waals surface area contributed by atoms with E-state index in [1.807, 2.05) is 6.07 Å². The SMILES string of the molecule is CCOC(=O)C1CCCN(C(=O)c2cc(C#N)cs2)CC1. The molecule has 1 saturated heterocycles. The maximum absolute atomic E-state index is 12.4. The third kappa shape index (κ3) is 3.82. The summed E-state index contributed by atoms with van der Waals surface area (Å²) >= 11 is 1.29. The summed E-state index contributed by atoms with van der Waals surface area (Å²) in [4.78, 5) is 26.5. The first-order chi connectivity index (χ1) is 10.2. The predicted octanol–water partition coefficient (Wildman–Crippen LogP) is 2.43. The van der Waals surface area contributed by atoms with E-state index in [-0.39, 0.29) is 17.8 Å². The molecule has 0 radical (unpaired) electrons. The van der Waals surface area contributed by atoms with Gasteiger partial charge in [0.25, 0.3) is 5.91 Å². The average molecular weight is 306 g/mol. The molecule has 5 nitrogen and oxygen atoms in total. The van der Waals surface area contributed by atoms with Crippen molar-refractivity contribution in [2.75, 3.05) is 19.7 Å². The molecule has 2 rings (SSSR count). The van der Waals surface area contributed by atoms with Gasteiger partial charge in [0.2, 0.25) is 0 Å². The number of thiophene rings is 1. The Balaban J connectivity index is 1.98. The van der Waals surface area contributed by atoms with Crippen molar-refractivity contribution >= 4 is 23.2 Å². The summed E-state index contributed by atoms with van der Waals surface area (Å²) in [5, 5.41) is 10.5. The molecule has 1 atom stereocenters. The highest BCUT2D eigenvalue weighted by atomic mass is 32.1. The Kier molecular flexibility index (Phi) is 5.34. The Hall–Kier alpha value is -1.87. The van der Waals surface area contributed by atoms with E-state index in [4.69, 9.17) is 10.00 Å². The molecule has 2 heterocycles. The van der Waals surface area contributed by atoms with Crippen molar-refractivity contribution in [2.24, 2.45) is 5.92 Å². The first-order valence-corrected chi connectivity index (χ1v) is 7.98. The van der Waals surface area contributed by atoms with E-state index < -0.39 is 0 Å². The summed E-state index contributed by atoms with van der Waals surface area (Å²) in [6.45, 7) is 3.40. The van der Waals surface area contributed by atoms with Crippen molar-refractivity contribution in [3.8, 4) is 6.07 Å². The first kappa shape index (κ1) is 15.5. The third-order valence-corrected chi connectivity index (χ3v) is 4.49. The van der Waals surface area contributed by atoms with Crippen molar-refractivity contribution in [1.29, 1.82) is 5.26 Å². The lowest BCUT2D eigenvalue weighted by Crippen LogP contribution is -2.31. The van der Waals surface area contributed by atoms with Gasteiger partial charge in [0.05, 0.1) is 23.0 Å². The molecule has 0 spiro atoms. The molecule has 0 N–H and O–H groups in total. The van der Waals surface area contributed by atoms with Gasteiger partial charge in [0, 0.05) is 18.5 Å². The zero-order valence-electron chi connectivity index (χ0n) is 12.0. The van der Waals surface area contributed by atoms with Crippen LogP contribution in [0.25, 0.3) is 0 Å². The fraction of sp³-hybridized carbons (Fsp3) is 0.533. The van der Waals surface area contributed by atoms with Crippen molar-refractivity contribution in [1.82, 2.24) is 4.90 Å². The first-order valence-electron chi connectivity index (χ1n) is 7.10. The fourth-order valence-corrected chi connectivity index (χ4v) is 3.26. The minimum atomic E-state index is -0.158. The summed E-state index contributed by atoms with van der Waals surface area (Å²) in [6, 6.07) is 3.66. The number of nitrogens with zero attached hydrogens (tertiary/aromatic N) is 2. The van der Waals surface area contributed by atoms with Crippen LogP contribution < -0.4 is 0 Å². The highest BCUT2D eigenvalue weighted by molar-refractivity contribution is 7.12. The summed E-state index contributed by atoms with van der Waals surface area (Å²) in [6.07, 6.45) is 2.20. The number of ether oxygens (including phenoxy) is 1. The van der Waals surface area contributed by atoms with Crippen molar-refractivity contribution < 1.29 is 14.3 Å². The van der Waals surface area contributed by atoms with Gasteiger partial charge >= 0.3 is 5.97 Å². The maximum Gasteiger partial charge on any atom is 0.308 e. The molecule has 1 unspecified atom stereocenters. The second-order valence-corrected chi connectivity index (χ2v) is 5.89. The molecule has 1 fully saturated rings. The Labute approximate surface area is 128 Å². The Bertz CT molecular complexity index is 562. The highest BCUT2D eigenvalue weighted by Crippen LogP contribution is 2.22. The van der Waals surface area contributed by atoms with Gasteiger partial charge in [0.15, 0.2) is 0 Å². The molecule has 112 valence electrons. The van der Waals surface area contributed by atoms with Crippen LogP contribution in [0.5, 0.6) is 0 Å². The van der Waals surface area contributed by atoms with E-state index in [2.05, 4.69) is 0 Å². The molecular weight excluding hydrogens is 288 g/mol. The smallest absolute Gasteiger partial charge is 0.308 e. The van der Waals surface area contributed by atoms with Crippen LogP contribution in [0.4, 0.5) is 0 Å². The second kappa shape index (κ2) is 7.23. The number of carbonyl (C=O) groups is 2. The lowest BCUT2D eigenvalue weighted by Gasteiger charge is -2.19. The van der Waals surface area contributed by atoms with E-state index in [9.17, 15) is 9.59 Å². The number of rotatable bonds is 3. The van der Waals surface area contributed by atoms with E-state index >= 15 is 0 Å². The van der Waals surface area contributed by atoms with Crippen LogP contribution in [-0.2, 0) is 9.53 Å². The molecule has 1 amide bonds. The van der Waals surface area contributed by atoms with Crippen LogP contribution >= 0.6 is 11.3 Å². The number of esters is 1. The summed E-state index contributed by atoms with van der Waals surface area (Å²) in [5.41, 5.74) is 0.516. The fourth-order valence-electron chi connectivity index (χ4n) is 2.46. The van der Waals surface area contributed by atoms with Gasteiger partial charge in [-0.1, -0.05) is 0 Å². The zero-order chi connectivity index (χ0) is 15.2. The number of nitriles is 1. The number of amides is 1. The Morgan fingerprint density at radius 2 is 2.29 bits per heavy atom. The predicted molar refractivity (Wildman–Crippen MR) is 78.9 cm³/mol. The molecule has 21 heavy (non-hydrogen) atoms. The topological polar surface area (TPSA) is 70.4 Å². The van der Waals surface area contributed by atoms with Crippen molar-refractivity contribution in [3.63, 3.8) is 0 Å².